The minimum Gasteiger partial charge on any atom is -0.480 e. The number of hydrogen-bond donors (Lipinski definition) is 1. The molecule has 0 radical (unpaired) electrons. The van der Waals surface area contributed by atoms with Gasteiger partial charge in [0.2, 0.25) is 10.0 Å². The van der Waals surface area contributed by atoms with Gasteiger partial charge < -0.3 is 5.11 Å². The largest absolute Gasteiger partial charge is 0.480 e. The van der Waals surface area contributed by atoms with E-state index in [-0.39, 0.29) is 13.1 Å². The average Bonchev–Trinajstić information content (AvgIpc) is 2.46. The van der Waals surface area contributed by atoms with Gasteiger partial charge in [-0.15, -0.1) is 0 Å². The first-order valence-corrected chi connectivity index (χ1v) is 8.08. The molecule has 1 heterocycles. The summed E-state index contributed by atoms with van der Waals surface area (Å²) in [5.74, 6) is -1.23. The molecule has 2 rings (SSSR count). The van der Waals surface area contributed by atoms with E-state index in [1.165, 1.54) is 18.0 Å². The number of nitrogens with zero attached hydrogens (tertiary/aromatic N) is 2. The predicted molar refractivity (Wildman–Crippen MR) is 74.3 cm³/mol. The van der Waals surface area contributed by atoms with Gasteiger partial charge in [-0.05, 0) is 19.2 Å². The summed E-state index contributed by atoms with van der Waals surface area (Å²) in [6.45, 7) is -0.362. The molecular formula is C13H15F3N2O4S. The third-order valence-electron chi connectivity index (χ3n) is 3.71. The van der Waals surface area contributed by atoms with E-state index >= 15 is 0 Å². The van der Waals surface area contributed by atoms with E-state index in [1.807, 2.05) is 0 Å². The van der Waals surface area contributed by atoms with Crippen LogP contribution in [0.3, 0.4) is 0 Å². The molecule has 10 heteroatoms. The van der Waals surface area contributed by atoms with Crippen molar-refractivity contribution in [3.05, 3.63) is 29.8 Å². The second kappa shape index (κ2) is 6.10. The fourth-order valence-corrected chi connectivity index (χ4v) is 4.05. The van der Waals surface area contributed by atoms with Crippen LogP contribution in [0.4, 0.5) is 13.2 Å². The van der Waals surface area contributed by atoms with Gasteiger partial charge in [-0.3, -0.25) is 9.69 Å². The summed E-state index contributed by atoms with van der Waals surface area (Å²) < 4.78 is 65.0. The molecule has 1 aliphatic rings. The Labute approximate surface area is 131 Å². The van der Waals surface area contributed by atoms with Crippen molar-refractivity contribution < 1.29 is 31.5 Å². The number of alkyl halides is 3. The first-order valence-electron chi connectivity index (χ1n) is 6.64. The fourth-order valence-electron chi connectivity index (χ4n) is 2.40. The van der Waals surface area contributed by atoms with Gasteiger partial charge in [0, 0.05) is 19.6 Å². The summed E-state index contributed by atoms with van der Waals surface area (Å²) in [4.78, 5) is 11.7. The van der Waals surface area contributed by atoms with Gasteiger partial charge in [0.05, 0.1) is 10.5 Å². The Balaban J connectivity index is 2.42. The highest BCUT2D eigenvalue weighted by Gasteiger charge is 2.41. The minimum atomic E-state index is -4.82. The van der Waals surface area contributed by atoms with Gasteiger partial charge in [0.25, 0.3) is 0 Å². The second-order valence-corrected chi connectivity index (χ2v) is 7.10. The molecular weight excluding hydrogens is 337 g/mol. The van der Waals surface area contributed by atoms with Crippen LogP contribution in [0.2, 0.25) is 0 Å². The number of hydrogen-bond acceptors (Lipinski definition) is 4. The van der Waals surface area contributed by atoms with E-state index in [1.54, 1.807) is 0 Å². The Kier molecular flexibility index (Phi) is 4.69. The van der Waals surface area contributed by atoms with Crippen molar-refractivity contribution in [1.29, 1.82) is 0 Å². The standard InChI is InChI=1S/C13H15F3N2O4S/c1-17-6-7-18(8-10(17)12(19)20)23(21,22)11-5-3-2-4-9(11)13(14,15)16/h2-5,10H,6-8H2,1H3,(H,19,20)/t10-/m1/s1. The molecule has 0 aliphatic carbocycles. The number of aliphatic carboxylic acids is 1. The summed E-state index contributed by atoms with van der Waals surface area (Å²) in [5, 5.41) is 9.10. The number of piperazine rings is 1. The lowest BCUT2D eigenvalue weighted by Gasteiger charge is -2.36. The predicted octanol–water partition coefficient (Wildman–Crippen LogP) is 1.09. The van der Waals surface area contributed by atoms with E-state index < -0.39 is 45.2 Å². The van der Waals surface area contributed by atoms with E-state index in [9.17, 15) is 26.4 Å². The summed E-state index contributed by atoms with van der Waals surface area (Å²) in [5.41, 5.74) is -1.26. The van der Waals surface area contributed by atoms with Gasteiger partial charge in [-0.1, -0.05) is 12.1 Å². The Morgan fingerprint density at radius 1 is 1.26 bits per heavy atom. The van der Waals surface area contributed by atoms with E-state index in [0.717, 1.165) is 16.4 Å². The van der Waals surface area contributed by atoms with E-state index in [0.29, 0.717) is 6.07 Å². The number of likely N-dealkylation sites (N-methyl/N-ethyl adjacent to an activating group) is 1. The molecule has 0 bridgehead atoms. The van der Waals surface area contributed by atoms with Gasteiger partial charge in [0.1, 0.15) is 6.04 Å². The van der Waals surface area contributed by atoms with Gasteiger partial charge in [-0.2, -0.15) is 17.5 Å². The van der Waals surface area contributed by atoms with Gasteiger partial charge >= 0.3 is 12.1 Å². The summed E-state index contributed by atoms with van der Waals surface area (Å²) in [7, 11) is -2.92. The highest BCUT2D eigenvalue weighted by atomic mass is 32.2. The van der Waals surface area contributed by atoms with Crippen LogP contribution in [-0.4, -0.2) is 61.4 Å². The number of sulfonamides is 1. The molecule has 23 heavy (non-hydrogen) atoms. The maximum Gasteiger partial charge on any atom is 0.417 e. The molecule has 0 saturated carbocycles. The first kappa shape index (κ1) is 17.7. The highest BCUT2D eigenvalue weighted by Crippen LogP contribution is 2.35. The number of carboxylic acids is 1. The summed E-state index contributed by atoms with van der Waals surface area (Å²) >= 11 is 0. The molecule has 6 nitrogen and oxygen atoms in total. The zero-order chi connectivity index (χ0) is 17.4. The normalized spacial score (nSPS) is 21.3. The van der Waals surface area contributed by atoms with Gasteiger partial charge in [-0.25, -0.2) is 8.42 Å². The number of halogens is 3. The maximum atomic E-state index is 13.0. The van der Waals surface area contributed by atoms with Crippen molar-refractivity contribution in [3.63, 3.8) is 0 Å². The molecule has 1 N–H and O–H groups in total. The summed E-state index contributed by atoms with van der Waals surface area (Å²) in [6.07, 6.45) is -4.82. The Bertz CT molecular complexity index is 705. The lowest BCUT2D eigenvalue weighted by atomic mass is 10.2. The van der Waals surface area contributed by atoms with Crippen molar-refractivity contribution in [1.82, 2.24) is 9.21 Å². The van der Waals surface area contributed by atoms with Crippen LogP contribution in [0.5, 0.6) is 0 Å². The minimum absolute atomic E-state index is 0.0746. The van der Waals surface area contributed by atoms with Crippen LogP contribution in [0.25, 0.3) is 0 Å². The molecule has 1 saturated heterocycles. The quantitative estimate of drug-likeness (QED) is 0.881. The van der Waals surface area contributed by atoms with Crippen LogP contribution >= 0.6 is 0 Å². The first-order chi connectivity index (χ1) is 10.5. The molecule has 1 aliphatic heterocycles. The van der Waals surface area contributed by atoms with Crippen LogP contribution < -0.4 is 0 Å². The lowest BCUT2D eigenvalue weighted by Crippen LogP contribution is -2.56. The topological polar surface area (TPSA) is 77.9 Å². The Hall–Kier alpha value is -1.65. The zero-order valence-electron chi connectivity index (χ0n) is 12.1. The lowest BCUT2D eigenvalue weighted by molar-refractivity contribution is -0.144. The monoisotopic (exact) mass is 352 g/mol. The molecule has 0 aromatic heterocycles. The number of rotatable bonds is 3. The fraction of sp³-hybridized carbons (Fsp3) is 0.462. The summed E-state index contributed by atoms with van der Waals surface area (Å²) in [6, 6.07) is 2.78. The second-order valence-electron chi connectivity index (χ2n) is 5.19. The average molecular weight is 352 g/mol. The van der Waals surface area contributed by atoms with E-state index in [2.05, 4.69) is 0 Å². The number of benzene rings is 1. The van der Waals surface area contributed by atoms with Crippen LogP contribution in [0.15, 0.2) is 29.2 Å². The third-order valence-corrected chi connectivity index (χ3v) is 5.63. The maximum absolute atomic E-state index is 13.0. The Morgan fingerprint density at radius 2 is 1.87 bits per heavy atom. The smallest absolute Gasteiger partial charge is 0.417 e. The SMILES string of the molecule is CN1CCN(S(=O)(=O)c2ccccc2C(F)(F)F)C[C@@H]1C(=O)O. The molecule has 1 fully saturated rings. The molecule has 0 unspecified atom stereocenters. The third kappa shape index (κ3) is 3.48. The van der Waals surface area contributed by atoms with Gasteiger partial charge in [0.15, 0.2) is 0 Å². The van der Waals surface area contributed by atoms with E-state index in [4.69, 9.17) is 5.11 Å². The molecule has 1 atom stereocenters. The molecule has 0 spiro atoms. The van der Waals surface area contributed by atoms with Crippen LogP contribution in [0.1, 0.15) is 5.56 Å². The molecule has 0 amide bonds. The number of carboxylic acid groups (broad SMARTS) is 1. The molecule has 1 aromatic carbocycles. The van der Waals surface area contributed by atoms with Crippen molar-refractivity contribution in [2.75, 3.05) is 26.7 Å². The van der Waals surface area contributed by atoms with Crippen molar-refractivity contribution in [2.45, 2.75) is 17.1 Å². The zero-order valence-corrected chi connectivity index (χ0v) is 12.9. The van der Waals surface area contributed by atoms with Crippen molar-refractivity contribution >= 4 is 16.0 Å². The van der Waals surface area contributed by atoms with Crippen LogP contribution in [-0.2, 0) is 21.0 Å². The molecule has 128 valence electrons. The van der Waals surface area contributed by atoms with Crippen molar-refractivity contribution in [2.24, 2.45) is 0 Å². The van der Waals surface area contributed by atoms with Crippen molar-refractivity contribution in [3.8, 4) is 0 Å². The van der Waals surface area contributed by atoms with Crippen LogP contribution in [0, 0.1) is 0 Å². The number of carbonyl (C=O) groups is 1. The Morgan fingerprint density at radius 3 is 2.43 bits per heavy atom. The molecule has 1 aromatic rings. The highest BCUT2D eigenvalue weighted by molar-refractivity contribution is 7.89.